The molecule has 1 fully saturated rings. The number of thioether (sulfide) groups is 1. The molecule has 1 aromatic heterocycles. The zero-order valence-electron chi connectivity index (χ0n) is 16.5. The Labute approximate surface area is 205 Å². The van der Waals surface area contributed by atoms with Crippen LogP contribution < -0.4 is 5.32 Å². The summed E-state index contributed by atoms with van der Waals surface area (Å²) in [6.07, 6.45) is 1.70. The lowest BCUT2D eigenvalue weighted by molar-refractivity contribution is -0.115. The van der Waals surface area contributed by atoms with E-state index in [1.807, 2.05) is 36.4 Å². The van der Waals surface area contributed by atoms with Gasteiger partial charge in [-0.1, -0.05) is 55.8 Å². The Morgan fingerprint density at radius 2 is 1.53 bits per heavy atom. The number of halogens is 2. The molecule has 5 rings (SSSR count). The minimum absolute atomic E-state index is 0.339. The molecule has 0 unspecified atom stereocenters. The first-order chi connectivity index (χ1) is 15.5. The number of carbonyl (C=O) groups excluding carboxylic acids is 2. The average molecular weight is 566 g/mol. The van der Waals surface area contributed by atoms with E-state index in [4.69, 9.17) is 0 Å². The van der Waals surface area contributed by atoms with E-state index >= 15 is 0 Å². The number of rotatable bonds is 2. The fourth-order valence-electron chi connectivity index (χ4n) is 3.67. The molecule has 32 heavy (non-hydrogen) atoms. The molecule has 2 amide bonds. The number of aromatic nitrogens is 1. The highest BCUT2D eigenvalue weighted by atomic mass is 79.9. The zero-order chi connectivity index (χ0) is 22.2. The first-order valence-electron chi connectivity index (χ1n) is 9.69. The molecule has 156 valence electrons. The van der Waals surface area contributed by atoms with Crippen molar-refractivity contribution in [2.45, 2.75) is 6.54 Å². The summed E-state index contributed by atoms with van der Waals surface area (Å²) in [4.78, 5) is 23.4. The molecular formula is C25H14Br2N2O2S. The topological polar surface area (TPSA) is 51.1 Å². The van der Waals surface area contributed by atoms with E-state index < -0.39 is 0 Å². The predicted molar refractivity (Wildman–Crippen MR) is 137 cm³/mol. The van der Waals surface area contributed by atoms with Crippen LogP contribution in [-0.4, -0.2) is 15.7 Å². The third kappa shape index (κ3) is 4.14. The molecule has 0 atom stereocenters. The first kappa shape index (κ1) is 21.1. The van der Waals surface area contributed by atoms with Gasteiger partial charge >= 0.3 is 0 Å². The van der Waals surface area contributed by atoms with Crippen molar-refractivity contribution >= 4 is 82.7 Å². The van der Waals surface area contributed by atoms with Gasteiger partial charge in [0, 0.05) is 25.3 Å². The Morgan fingerprint density at radius 1 is 0.906 bits per heavy atom. The number of fused-ring (bicyclic) bond motifs is 3. The highest BCUT2D eigenvalue weighted by Crippen LogP contribution is 2.33. The lowest BCUT2D eigenvalue weighted by atomic mass is 10.1. The maximum atomic E-state index is 11.7. The standard InChI is InChI=1S/C25H14Br2N2O2S/c26-17-7-9-21-19(13-17)20-14-18(27)8-10-22(20)29(21)11-1-2-15-3-5-16(6-4-15)12-23-24(30)28-25(31)32-23/h3-10,12-14H,11H2,(H,28,30,31)/b23-12-. The number of imide groups is 1. The molecule has 0 saturated carbocycles. The van der Waals surface area contributed by atoms with E-state index in [0.29, 0.717) is 11.4 Å². The van der Waals surface area contributed by atoms with Gasteiger partial charge in [-0.3, -0.25) is 14.9 Å². The number of nitrogens with zero attached hydrogens (tertiary/aromatic N) is 1. The summed E-state index contributed by atoms with van der Waals surface area (Å²) in [5.41, 5.74) is 4.01. The molecule has 1 N–H and O–H groups in total. The Balaban J connectivity index is 1.42. The van der Waals surface area contributed by atoms with Gasteiger partial charge in [0.1, 0.15) is 0 Å². The molecule has 0 aliphatic carbocycles. The van der Waals surface area contributed by atoms with Crippen molar-refractivity contribution in [1.29, 1.82) is 0 Å². The molecule has 0 spiro atoms. The SMILES string of the molecule is O=C1NC(=O)/C(=C/c2ccc(C#CCn3c4ccc(Br)cc4c4cc(Br)ccc43)cc2)S1. The third-order valence-corrected chi connectivity index (χ3v) is 6.91. The number of benzene rings is 3. The minimum Gasteiger partial charge on any atom is -0.329 e. The normalized spacial score (nSPS) is 14.8. The molecule has 4 nitrogen and oxygen atoms in total. The lowest BCUT2D eigenvalue weighted by Crippen LogP contribution is -2.17. The Morgan fingerprint density at radius 3 is 2.09 bits per heavy atom. The van der Waals surface area contributed by atoms with E-state index in [0.717, 1.165) is 42.9 Å². The van der Waals surface area contributed by atoms with Crippen LogP contribution in [0.1, 0.15) is 11.1 Å². The highest BCUT2D eigenvalue weighted by molar-refractivity contribution is 9.10. The van der Waals surface area contributed by atoms with E-state index in [1.165, 1.54) is 10.8 Å². The van der Waals surface area contributed by atoms with Gasteiger partial charge < -0.3 is 4.57 Å². The van der Waals surface area contributed by atoms with Crippen LogP contribution in [0.2, 0.25) is 0 Å². The Hall–Kier alpha value is -2.79. The van der Waals surface area contributed by atoms with Gasteiger partial charge in [-0.25, -0.2) is 0 Å². The molecule has 1 aliphatic heterocycles. The lowest BCUT2D eigenvalue weighted by Gasteiger charge is -2.02. The van der Waals surface area contributed by atoms with Crippen molar-refractivity contribution < 1.29 is 9.59 Å². The van der Waals surface area contributed by atoms with Crippen LogP contribution in [0.15, 0.2) is 74.5 Å². The molecule has 7 heteroatoms. The summed E-state index contributed by atoms with van der Waals surface area (Å²) in [5.74, 6) is 6.15. The number of nitrogens with one attached hydrogen (secondary N) is 1. The predicted octanol–water partition coefficient (Wildman–Crippen LogP) is 6.70. The second kappa shape index (κ2) is 8.62. The maximum absolute atomic E-state index is 11.7. The smallest absolute Gasteiger partial charge is 0.290 e. The average Bonchev–Trinajstić information content (AvgIpc) is 3.24. The molecule has 1 aliphatic rings. The van der Waals surface area contributed by atoms with Crippen LogP contribution in [0.5, 0.6) is 0 Å². The molecule has 0 radical (unpaired) electrons. The summed E-state index contributed by atoms with van der Waals surface area (Å²) < 4.78 is 4.31. The van der Waals surface area contributed by atoms with Gasteiger partial charge in [0.05, 0.1) is 22.5 Å². The van der Waals surface area contributed by atoms with Gasteiger partial charge in [0.25, 0.3) is 11.1 Å². The zero-order valence-corrected chi connectivity index (χ0v) is 20.5. The molecular weight excluding hydrogens is 552 g/mol. The van der Waals surface area contributed by atoms with Gasteiger partial charge in [0.15, 0.2) is 0 Å². The van der Waals surface area contributed by atoms with Gasteiger partial charge in [-0.2, -0.15) is 0 Å². The van der Waals surface area contributed by atoms with Crippen molar-refractivity contribution in [3.8, 4) is 11.8 Å². The summed E-state index contributed by atoms with van der Waals surface area (Å²) in [6.45, 7) is 0.563. The molecule has 3 aromatic carbocycles. The third-order valence-electron chi connectivity index (χ3n) is 5.11. The number of carbonyl (C=O) groups is 2. The van der Waals surface area contributed by atoms with Gasteiger partial charge in [-0.05, 0) is 71.9 Å². The number of hydrogen-bond donors (Lipinski definition) is 1. The van der Waals surface area contributed by atoms with E-state index in [-0.39, 0.29) is 11.1 Å². The fourth-order valence-corrected chi connectivity index (χ4v) is 5.08. The number of amides is 2. The number of hydrogen-bond acceptors (Lipinski definition) is 3. The molecule has 4 aromatic rings. The molecule has 0 bridgehead atoms. The summed E-state index contributed by atoms with van der Waals surface area (Å²) in [7, 11) is 0. The molecule has 2 heterocycles. The van der Waals surface area contributed by atoms with Crippen LogP contribution in [0, 0.1) is 11.8 Å². The first-order valence-corrected chi connectivity index (χ1v) is 12.1. The van der Waals surface area contributed by atoms with Gasteiger partial charge in [-0.15, -0.1) is 0 Å². The van der Waals surface area contributed by atoms with Crippen LogP contribution >= 0.6 is 43.6 Å². The Bertz CT molecular complexity index is 1450. The minimum atomic E-state index is -0.353. The van der Waals surface area contributed by atoms with Crippen LogP contribution in [-0.2, 0) is 11.3 Å². The maximum Gasteiger partial charge on any atom is 0.290 e. The van der Waals surface area contributed by atoms with E-state index in [9.17, 15) is 9.59 Å². The second-order valence-electron chi connectivity index (χ2n) is 7.19. The van der Waals surface area contributed by atoms with E-state index in [2.05, 4.69) is 77.9 Å². The quantitative estimate of drug-likeness (QED) is 0.217. The van der Waals surface area contributed by atoms with Crippen molar-refractivity contribution in [2.24, 2.45) is 0 Å². The van der Waals surface area contributed by atoms with Crippen molar-refractivity contribution in [1.82, 2.24) is 9.88 Å². The summed E-state index contributed by atoms with van der Waals surface area (Å²) in [6, 6.07) is 20.2. The second-order valence-corrected chi connectivity index (χ2v) is 10.0. The highest BCUT2D eigenvalue weighted by Gasteiger charge is 2.24. The Kier molecular flexibility index (Phi) is 5.68. The van der Waals surface area contributed by atoms with E-state index in [1.54, 1.807) is 6.08 Å². The monoisotopic (exact) mass is 564 g/mol. The largest absolute Gasteiger partial charge is 0.329 e. The fraction of sp³-hybridized carbons (Fsp3) is 0.0400. The summed E-state index contributed by atoms with van der Waals surface area (Å²) in [5, 5.41) is 4.28. The summed E-state index contributed by atoms with van der Waals surface area (Å²) >= 11 is 8.06. The van der Waals surface area contributed by atoms with Crippen molar-refractivity contribution in [2.75, 3.05) is 0 Å². The van der Waals surface area contributed by atoms with Crippen LogP contribution in [0.4, 0.5) is 4.79 Å². The van der Waals surface area contributed by atoms with Crippen LogP contribution in [0.25, 0.3) is 27.9 Å². The molecule has 1 saturated heterocycles. The van der Waals surface area contributed by atoms with Gasteiger partial charge in [0.2, 0.25) is 0 Å². The van der Waals surface area contributed by atoms with Crippen LogP contribution in [0.3, 0.4) is 0 Å². The van der Waals surface area contributed by atoms with Crippen molar-refractivity contribution in [3.63, 3.8) is 0 Å². The van der Waals surface area contributed by atoms with Crippen molar-refractivity contribution in [3.05, 3.63) is 85.6 Å².